The van der Waals surface area contributed by atoms with Crippen LogP contribution in [0.15, 0.2) is 6.20 Å². The van der Waals surface area contributed by atoms with Gasteiger partial charge in [-0.05, 0) is 31.6 Å². The van der Waals surface area contributed by atoms with Crippen LogP contribution in [0.3, 0.4) is 0 Å². The molecule has 0 aromatic carbocycles. The molecule has 0 bridgehead atoms. The molecule has 100 valence electrons. The number of ether oxygens (including phenoxy) is 1. The SMILES string of the molecule is CCC1CCCCC1Oc1nc(NC)ncc1Cl. The molecule has 0 radical (unpaired) electrons. The van der Waals surface area contributed by atoms with Gasteiger partial charge < -0.3 is 10.1 Å². The highest BCUT2D eigenvalue weighted by Crippen LogP contribution is 2.32. The molecular weight excluding hydrogens is 250 g/mol. The first kappa shape index (κ1) is 13.4. The molecule has 1 fully saturated rings. The van der Waals surface area contributed by atoms with E-state index in [1.807, 2.05) is 0 Å². The third kappa shape index (κ3) is 3.05. The van der Waals surface area contributed by atoms with Crippen LogP contribution in [0.2, 0.25) is 5.02 Å². The minimum absolute atomic E-state index is 0.237. The average molecular weight is 270 g/mol. The van der Waals surface area contributed by atoms with E-state index in [0.717, 1.165) is 12.8 Å². The zero-order chi connectivity index (χ0) is 13.0. The van der Waals surface area contributed by atoms with Crippen LogP contribution in [0.1, 0.15) is 39.0 Å². The van der Waals surface area contributed by atoms with Crippen LogP contribution >= 0.6 is 11.6 Å². The minimum Gasteiger partial charge on any atom is -0.473 e. The molecule has 2 rings (SSSR count). The number of nitrogens with one attached hydrogen (secondary N) is 1. The number of rotatable bonds is 4. The third-order valence-corrected chi connectivity index (χ3v) is 3.82. The van der Waals surface area contributed by atoms with E-state index in [-0.39, 0.29) is 6.10 Å². The maximum atomic E-state index is 6.09. The topological polar surface area (TPSA) is 47.0 Å². The molecule has 0 amide bonds. The molecule has 1 aromatic heterocycles. The van der Waals surface area contributed by atoms with Crippen molar-refractivity contribution in [2.24, 2.45) is 5.92 Å². The summed E-state index contributed by atoms with van der Waals surface area (Å²) in [5, 5.41) is 3.38. The lowest BCUT2D eigenvalue weighted by molar-refractivity contribution is 0.0860. The second kappa shape index (κ2) is 6.23. The van der Waals surface area contributed by atoms with Crippen molar-refractivity contribution in [3.8, 4) is 5.88 Å². The summed E-state index contributed by atoms with van der Waals surface area (Å²) in [6.45, 7) is 2.22. The predicted molar refractivity (Wildman–Crippen MR) is 73.3 cm³/mol. The number of aromatic nitrogens is 2. The number of hydrogen-bond donors (Lipinski definition) is 1. The molecule has 1 saturated carbocycles. The van der Waals surface area contributed by atoms with Crippen molar-refractivity contribution in [1.29, 1.82) is 0 Å². The van der Waals surface area contributed by atoms with Crippen LogP contribution in [0, 0.1) is 5.92 Å². The van der Waals surface area contributed by atoms with Crippen LogP contribution in [-0.2, 0) is 0 Å². The van der Waals surface area contributed by atoms with Gasteiger partial charge in [0.15, 0.2) is 0 Å². The standard InChI is InChI=1S/C13H20ClN3O/c1-3-9-6-4-5-7-11(9)18-12-10(14)8-16-13(15-2)17-12/h8-9,11H,3-7H2,1-2H3,(H,15,16,17). The quantitative estimate of drug-likeness (QED) is 0.909. The molecule has 0 saturated heterocycles. The molecule has 2 unspecified atom stereocenters. The summed E-state index contributed by atoms with van der Waals surface area (Å²) in [6, 6.07) is 0. The van der Waals surface area contributed by atoms with Crippen molar-refractivity contribution >= 4 is 17.5 Å². The molecule has 1 N–H and O–H groups in total. The van der Waals surface area contributed by atoms with Crippen molar-refractivity contribution in [3.63, 3.8) is 0 Å². The smallest absolute Gasteiger partial charge is 0.237 e. The van der Waals surface area contributed by atoms with Gasteiger partial charge >= 0.3 is 0 Å². The molecule has 5 heteroatoms. The van der Waals surface area contributed by atoms with E-state index in [1.54, 1.807) is 13.2 Å². The maximum Gasteiger partial charge on any atom is 0.237 e. The second-order valence-electron chi connectivity index (χ2n) is 4.71. The molecule has 1 aliphatic rings. The highest BCUT2D eigenvalue weighted by atomic mass is 35.5. The lowest BCUT2D eigenvalue weighted by Gasteiger charge is -2.30. The van der Waals surface area contributed by atoms with Gasteiger partial charge in [-0.2, -0.15) is 4.98 Å². The summed E-state index contributed by atoms with van der Waals surface area (Å²) in [4.78, 5) is 8.33. The van der Waals surface area contributed by atoms with Gasteiger partial charge in [0.2, 0.25) is 11.8 Å². The zero-order valence-corrected chi connectivity index (χ0v) is 11.7. The highest BCUT2D eigenvalue weighted by molar-refractivity contribution is 6.31. The van der Waals surface area contributed by atoms with Crippen LogP contribution in [0.25, 0.3) is 0 Å². The summed E-state index contributed by atoms with van der Waals surface area (Å²) in [5.41, 5.74) is 0. The van der Waals surface area contributed by atoms with Crippen molar-refractivity contribution in [1.82, 2.24) is 9.97 Å². The van der Waals surface area contributed by atoms with Gasteiger partial charge in [0.05, 0.1) is 6.20 Å². The van der Waals surface area contributed by atoms with Gasteiger partial charge in [-0.1, -0.05) is 24.9 Å². The van der Waals surface area contributed by atoms with Gasteiger partial charge in [0.25, 0.3) is 0 Å². The van der Waals surface area contributed by atoms with E-state index in [9.17, 15) is 0 Å². The van der Waals surface area contributed by atoms with Gasteiger partial charge in [-0.15, -0.1) is 0 Å². The summed E-state index contributed by atoms with van der Waals surface area (Å²) in [7, 11) is 1.78. The van der Waals surface area contributed by atoms with Gasteiger partial charge in [-0.25, -0.2) is 4.98 Å². The molecule has 4 nitrogen and oxygen atoms in total. The molecule has 18 heavy (non-hydrogen) atoms. The number of anilines is 1. The first-order chi connectivity index (χ1) is 8.74. The Morgan fingerprint density at radius 2 is 2.22 bits per heavy atom. The largest absolute Gasteiger partial charge is 0.473 e. The maximum absolute atomic E-state index is 6.09. The van der Waals surface area contributed by atoms with E-state index in [0.29, 0.717) is 22.8 Å². The minimum atomic E-state index is 0.237. The van der Waals surface area contributed by atoms with Crippen LogP contribution in [-0.4, -0.2) is 23.1 Å². The van der Waals surface area contributed by atoms with Crippen molar-refractivity contribution in [2.45, 2.75) is 45.1 Å². The summed E-state index contributed by atoms with van der Waals surface area (Å²) >= 11 is 6.09. The Morgan fingerprint density at radius 3 is 2.94 bits per heavy atom. The van der Waals surface area contributed by atoms with E-state index in [4.69, 9.17) is 16.3 Å². The van der Waals surface area contributed by atoms with Gasteiger partial charge in [-0.3, -0.25) is 0 Å². The Hall–Kier alpha value is -1.03. The summed E-state index contributed by atoms with van der Waals surface area (Å²) < 4.78 is 6.01. The molecular formula is C13H20ClN3O. The second-order valence-corrected chi connectivity index (χ2v) is 5.11. The number of hydrogen-bond acceptors (Lipinski definition) is 4. The zero-order valence-electron chi connectivity index (χ0n) is 10.9. The third-order valence-electron chi connectivity index (χ3n) is 3.56. The van der Waals surface area contributed by atoms with E-state index in [1.165, 1.54) is 19.3 Å². The fourth-order valence-corrected chi connectivity index (χ4v) is 2.63. The Kier molecular flexibility index (Phi) is 4.64. The molecule has 0 spiro atoms. The summed E-state index contributed by atoms with van der Waals surface area (Å²) in [5.74, 6) is 1.66. The van der Waals surface area contributed by atoms with E-state index >= 15 is 0 Å². The van der Waals surface area contributed by atoms with Gasteiger partial charge in [0, 0.05) is 7.05 Å². The molecule has 0 aliphatic heterocycles. The summed E-state index contributed by atoms with van der Waals surface area (Å²) in [6.07, 6.45) is 7.82. The fraction of sp³-hybridized carbons (Fsp3) is 0.692. The lowest BCUT2D eigenvalue weighted by atomic mass is 9.85. The van der Waals surface area contributed by atoms with Crippen LogP contribution < -0.4 is 10.1 Å². The van der Waals surface area contributed by atoms with Crippen molar-refractivity contribution < 1.29 is 4.74 Å². The van der Waals surface area contributed by atoms with Crippen molar-refractivity contribution in [3.05, 3.63) is 11.2 Å². The fourth-order valence-electron chi connectivity index (χ4n) is 2.49. The monoisotopic (exact) mass is 269 g/mol. The Morgan fingerprint density at radius 1 is 1.44 bits per heavy atom. The van der Waals surface area contributed by atoms with Crippen LogP contribution in [0.4, 0.5) is 5.95 Å². The Labute approximate surface area is 113 Å². The number of halogens is 1. The van der Waals surface area contributed by atoms with Crippen molar-refractivity contribution in [2.75, 3.05) is 12.4 Å². The van der Waals surface area contributed by atoms with Gasteiger partial charge in [0.1, 0.15) is 11.1 Å². The molecule has 2 atom stereocenters. The molecule has 1 aromatic rings. The molecule has 1 heterocycles. The molecule has 1 aliphatic carbocycles. The normalized spacial score (nSPS) is 23.7. The first-order valence-electron chi connectivity index (χ1n) is 6.61. The average Bonchev–Trinajstić information content (AvgIpc) is 2.42. The van der Waals surface area contributed by atoms with E-state index < -0.39 is 0 Å². The van der Waals surface area contributed by atoms with E-state index in [2.05, 4.69) is 22.2 Å². The Balaban J connectivity index is 2.11. The highest BCUT2D eigenvalue weighted by Gasteiger charge is 2.26. The first-order valence-corrected chi connectivity index (χ1v) is 6.99. The van der Waals surface area contributed by atoms with Crippen LogP contribution in [0.5, 0.6) is 5.88 Å². The number of nitrogens with zero attached hydrogens (tertiary/aromatic N) is 2. The lowest BCUT2D eigenvalue weighted by Crippen LogP contribution is -2.30. The Bertz CT molecular complexity index is 400. The predicted octanol–water partition coefficient (Wildman–Crippen LogP) is 3.52.